The molecular weight excluding hydrogens is 353 g/mol. The molecule has 0 N–H and O–H groups in total. The average molecular weight is 369 g/mol. The summed E-state index contributed by atoms with van der Waals surface area (Å²) in [5.41, 5.74) is 0.984. The lowest BCUT2D eigenvalue weighted by molar-refractivity contribution is 0.202. The van der Waals surface area contributed by atoms with Gasteiger partial charge in [0.2, 0.25) is 11.8 Å². The number of aromatic nitrogens is 2. The van der Waals surface area contributed by atoms with E-state index in [1.54, 1.807) is 0 Å². The van der Waals surface area contributed by atoms with E-state index in [0.29, 0.717) is 5.89 Å². The summed E-state index contributed by atoms with van der Waals surface area (Å²) in [5.74, 6) is 1.33. The summed E-state index contributed by atoms with van der Waals surface area (Å²) in [6.45, 7) is 3.06. The van der Waals surface area contributed by atoms with Crippen LogP contribution in [0.4, 0.5) is 0 Å². The Labute approximate surface area is 126 Å². The molecule has 5 heteroatoms. The maximum atomic E-state index is 5.75. The molecule has 0 spiro atoms. The fourth-order valence-electron chi connectivity index (χ4n) is 2.34. The Kier molecular flexibility index (Phi) is 4.12. The third-order valence-corrected chi connectivity index (χ3v) is 4.08. The van der Waals surface area contributed by atoms with Gasteiger partial charge in [0.15, 0.2) is 0 Å². The third-order valence-electron chi connectivity index (χ3n) is 3.37. The molecule has 1 aliphatic rings. The number of rotatable bonds is 3. The molecule has 0 saturated carbocycles. The van der Waals surface area contributed by atoms with Crippen LogP contribution < -0.4 is 0 Å². The van der Waals surface area contributed by atoms with Gasteiger partial charge < -0.3 is 4.42 Å². The SMILES string of the molecule is Ic1ccc(-c2nnc(CN3CCCCC3)o2)cc1. The number of hydrogen-bond donors (Lipinski definition) is 0. The van der Waals surface area contributed by atoms with E-state index < -0.39 is 0 Å². The van der Waals surface area contributed by atoms with Crippen molar-refractivity contribution in [3.8, 4) is 11.5 Å². The van der Waals surface area contributed by atoms with Crippen LogP contribution in [0.15, 0.2) is 28.7 Å². The van der Waals surface area contributed by atoms with E-state index in [-0.39, 0.29) is 0 Å². The lowest BCUT2D eigenvalue weighted by atomic mass is 10.1. The average Bonchev–Trinajstić information content (AvgIpc) is 2.89. The van der Waals surface area contributed by atoms with Crippen LogP contribution in [0.25, 0.3) is 11.5 Å². The Balaban J connectivity index is 1.70. The first-order chi connectivity index (χ1) is 9.31. The topological polar surface area (TPSA) is 42.2 Å². The molecule has 2 aromatic rings. The number of benzene rings is 1. The summed E-state index contributed by atoms with van der Waals surface area (Å²) in [7, 11) is 0. The first kappa shape index (κ1) is 13.1. The number of halogens is 1. The molecule has 3 rings (SSSR count). The van der Waals surface area contributed by atoms with Crippen molar-refractivity contribution < 1.29 is 4.42 Å². The maximum absolute atomic E-state index is 5.75. The molecule has 1 saturated heterocycles. The molecule has 1 aliphatic heterocycles. The van der Waals surface area contributed by atoms with Gasteiger partial charge in [0.25, 0.3) is 0 Å². The smallest absolute Gasteiger partial charge is 0.247 e. The van der Waals surface area contributed by atoms with Gasteiger partial charge >= 0.3 is 0 Å². The van der Waals surface area contributed by atoms with Crippen LogP contribution in [0.5, 0.6) is 0 Å². The minimum Gasteiger partial charge on any atom is -0.419 e. The molecule has 0 unspecified atom stereocenters. The molecule has 2 heterocycles. The van der Waals surface area contributed by atoms with Crippen molar-refractivity contribution in [3.05, 3.63) is 33.7 Å². The second-order valence-electron chi connectivity index (χ2n) is 4.84. The van der Waals surface area contributed by atoms with Crippen molar-refractivity contribution in [2.24, 2.45) is 0 Å². The zero-order chi connectivity index (χ0) is 13.1. The minimum absolute atomic E-state index is 0.614. The molecular formula is C14H16IN3O. The van der Waals surface area contributed by atoms with E-state index in [9.17, 15) is 0 Å². The van der Waals surface area contributed by atoms with Gasteiger partial charge in [-0.05, 0) is 72.8 Å². The normalized spacial score (nSPS) is 16.7. The number of hydrogen-bond acceptors (Lipinski definition) is 4. The number of likely N-dealkylation sites (tertiary alicyclic amines) is 1. The van der Waals surface area contributed by atoms with E-state index in [0.717, 1.165) is 31.1 Å². The van der Waals surface area contributed by atoms with Crippen molar-refractivity contribution in [1.29, 1.82) is 0 Å². The van der Waals surface area contributed by atoms with E-state index in [2.05, 4.69) is 37.7 Å². The maximum Gasteiger partial charge on any atom is 0.247 e. The number of nitrogens with zero attached hydrogens (tertiary/aromatic N) is 3. The van der Waals surface area contributed by atoms with Crippen molar-refractivity contribution in [3.63, 3.8) is 0 Å². The van der Waals surface area contributed by atoms with Gasteiger partial charge in [0, 0.05) is 9.13 Å². The molecule has 0 aliphatic carbocycles. The molecule has 0 amide bonds. The van der Waals surface area contributed by atoms with Gasteiger partial charge in [-0.15, -0.1) is 10.2 Å². The highest BCUT2D eigenvalue weighted by atomic mass is 127. The van der Waals surface area contributed by atoms with Crippen molar-refractivity contribution >= 4 is 22.6 Å². The van der Waals surface area contributed by atoms with Crippen molar-refractivity contribution in [2.45, 2.75) is 25.8 Å². The standard InChI is InChI=1S/C14H16IN3O/c15-12-6-4-11(5-7-12)14-17-16-13(19-14)10-18-8-2-1-3-9-18/h4-7H,1-3,8-10H2. The summed E-state index contributed by atoms with van der Waals surface area (Å²) in [6.07, 6.45) is 3.89. The molecule has 1 fully saturated rings. The minimum atomic E-state index is 0.614. The summed E-state index contributed by atoms with van der Waals surface area (Å²) in [4.78, 5) is 2.38. The van der Waals surface area contributed by atoms with Gasteiger partial charge in [-0.2, -0.15) is 0 Å². The Hall–Kier alpha value is -0.950. The van der Waals surface area contributed by atoms with E-state index in [1.165, 1.54) is 22.8 Å². The quantitative estimate of drug-likeness (QED) is 0.779. The van der Waals surface area contributed by atoms with E-state index in [1.807, 2.05) is 24.3 Å². The van der Waals surface area contributed by atoms with E-state index >= 15 is 0 Å². The van der Waals surface area contributed by atoms with Crippen LogP contribution in [-0.2, 0) is 6.54 Å². The third kappa shape index (κ3) is 3.33. The molecule has 0 atom stereocenters. The van der Waals surface area contributed by atoms with Gasteiger partial charge in [-0.25, -0.2) is 0 Å². The van der Waals surface area contributed by atoms with Gasteiger partial charge in [-0.3, -0.25) is 4.90 Å². The fourth-order valence-corrected chi connectivity index (χ4v) is 2.70. The molecule has 4 nitrogen and oxygen atoms in total. The van der Waals surface area contributed by atoms with Crippen molar-refractivity contribution in [2.75, 3.05) is 13.1 Å². The van der Waals surface area contributed by atoms with Crippen LogP contribution >= 0.6 is 22.6 Å². The van der Waals surface area contributed by atoms with Crippen LogP contribution in [0.3, 0.4) is 0 Å². The molecule has 100 valence electrons. The Morgan fingerprint density at radius 2 is 1.79 bits per heavy atom. The summed E-state index contributed by atoms with van der Waals surface area (Å²) >= 11 is 2.28. The molecule has 19 heavy (non-hydrogen) atoms. The Morgan fingerprint density at radius 1 is 1.05 bits per heavy atom. The first-order valence-electron chi connectivity index (χ1n) is 6.62. The second-order valence-corrected chi connectivity index (χ2v) is 6.09. The summed E-state index contributed by atoms with van der Waals surface area (Å²) in [6, 6.07) is 8.12. The molecule has 0 bridgehead atoms. The van der Waals surface area contributed by atoms with Crippen LogP contribution in [0.1, 0.15) is 25.2 Å². The highest BCUT2D eigenvalue weighted by Gasteiger charge is 2.15. The molecule has 0 radical (unpaired) electrons. The Morgan fingerprint density at radius 3 is 2.53 bits per heavy atom. The van der Waals surface area contributed by atoms with Crippen LogP contribution in [0.2, 0.25) is 0 Å². The predicted octanol–water partition coefficient (Wildman–Crippen LogP) is 3.33. The Bertz CT molecular complexity index is 532. The zero-order valence-corrected chi connectivity index (χ0v) is 12.8. The summed E-state index contributed by atoms with van der Waals surface area (Å²) < 4.78 is 6.95. The number of piperidine rings is 1. The highest BCUT2D eigenvalue weighted by Crippen LogP contribution is 2.20. The largest absolute Gasteiger partial charge is 0.419 e. The van der Waals surface area contributed by atoms with Gasteiger partial charge in [0.05, 0.1) is 6.54 Å². The lowest BCUT2D eigenvalue weighted by Gasteiger charge is -2.24. The zero-order valence-electron chi connectivity index (χ0n) is 10.7. The van der Waals surface area contributed by atoms with Crippen LogP contribution in [0, 0.1) is 3.57 Å². The van der Waals surface area contributed by atoms with Gasteiger partial charge in [0.1, 0.15) is 0 Å². The van der Waals surface area contributed by atoms with E-state index in [4.69, 9.17) is 4.42 Å². The van der Waals surface area contributed by atoms with Crippen molar-refractivity contribution in [1.82, 2.24) is 15.1 Å². The molecule has 1 aromatic carbocycles. The second kappa shape index (κ2) is 6.00. The summed E-state index contributed by atoms with van der Waals surface area (Å²) in [5, 5.41) is 8.28. The monoisotopic (exact) mass is 369 g/mol. The first-order valence-corrected chi connectivity index (χ1v) is 7.70. The molecule has 1 aromatic heterocycles. The predicted molar refractivity (Wildman–Crippen MR) is 81.6 cm³/mol. The van der Waals surface area contributed by atoms with Crippen LogP contribution in [-0.4, -0.2) is 28.2 Å². The lowest BCUT2D eigenvalue weighted by Crippen LogP contribution is -2.29. The fraction of sp³-hybridized carbons (Fsp3) is 0.429. The van der Waals surface area contributed by atoms with Gasteiger partial charge in [-0.1, -0.05) is 6.42 Å². The highest BCUT2D eigenvalue weighted by molar-refractivity contribution is 14.1.